The highest BCUT2D eigenvalue weighted by Gasteiger charge is 2.25. The number of ether oxygens (including phenoxy) is 2. The lowest BCUT2D eigenvalue weighted by Crippen LogP contribution is -2.40. The molecule has 1 aromatic carbocycles. The van der Waals surface area contributed by atoms with Crippen molar-refractivity contribution in [1.82, 2.24) is 9.29 Å². The molecule has 0 unspecified atom stereocenters. The second-order valence-corrected chi connectivity index (χ2v) is 10.1. The topological polar surface area (TPSA) is 127 Å². The first-order chi connectivity index (χ1) is 14.8. The standard InChI is InChI=1S/C19H22N4O6S2/c1-31(26,27)23-6-4-13(5-7-23)28-9-18(25)22-19-21-15(11-30-19)12-2-3-16-14(8-12)20-17(24)10-29-16/h2-3,8,11,13H,4-7,9-10H2,1H3,(H,20,24)(H,21,22,25). The van der Waals surface area contributed by atoms with Gasteiger partial charge in [0.15, 0.2) is 11.7 Å². The third-order valence-electron chi connectivity index (χ3n) is 4.98. The molecular formula is C19H22N4O6S2. The van der Waals surface area contributed by atoms with E-state index in [1.54, 1.807) is 12.1 Å². The van der Waals surface area contributed by atoms with Crippen molar-refractivity contribution in [2.24, 2.45) is 0 Å². The van der Waals surface area contributed by atoms with Gasteiger partial charge in [0, 0.05) is 24.0 Å². The fraction of sp³-hybridized carbons (Fsp3) is 0.421. The fourth-order valence-electron chi connectivity index (χ4n) is 3.39. The first-order valence-corrected chi connectivity index (χ1v) is 12.4. The van der Waals surface area contributed by atoms with Crippen LogP contribution < -0.4 is 15.4 Å². The highest BCUT2D eigenvalue weighted by molar-refractivity contribution is 7.88. The summed E-state index contributed by atoms with van der Waals surface area (Å²) in [5.41, 5.74) is 2.04. The van der Waals surface area contributed by atoms with Crippen molar-refractivity contribution in [3.05, 3.63) is 23.6 Å². The number of hydrogen-bond donors (Lipinski definition) is 2. The number of carbonyl (C=O) groups is 2. The van der Waals surface area contributed by atoms with Crippen LogP contribution in [0.5, 0.6) is 5.75 Å². The number of hydrogen-bond acceptors (Lipinski definition) is 8. The van der Waals surface area contributed by atoms with Crippen molar-refractivity contribution >= 4 is 44.0 Å². The molecule has 2 aliphatic heterocycles. The van der Waals surface area contributed by atoms with Crippen LogP contribution in [0, 0.1) is 0 Å². The van der Waals surface area contributed by atoms with Crippen molar-refractivity contribution < 1.29 is 27.5 Å². The van der Waals surface area contributed by atoms with Crippen LogP contribution in [0.3, 0.4) is 0 Å². The fourth-order valence-corrected chi connectivity index (χ4v) is 5.00. The van der Waals surface area contributed by atoms with Crippen LogP contribution in [0.1, 0.15) is 12.8 Å². The van der Waals surface area contributed by atoms with E-state index >= 15 is 0 Å². The lowest BCUT2D eigenvalue weighted by Gasteiger charge is -2.29. The van der Waals surface area contributed by atoms with E-state index in [0.717, 1.165) is 5.56 Å². The minimum absolute atomic E-state index is 0.00187. The van der Waals surface area contributed by atoms with Crippen LogP contribution in [-0.4, -0.2) is 68.2 Å². The van der Waals surface area contributed by atoms with Crippen LogP contribution in [-0.2, 0) is 24.3 Å². The van der Waals surface area contributed by atoms with Crippen molar-refractivity contribution in [2.75, 3.05) is 43.2 Å². The largest absolute Gasteiger partial charge is 0.482 e. The summed E-state index contributed by atoms with van der Waals surface area (Å²) in [6.45, 7) is 0.666. The number of aromatic nitrogens is 1. The van der Waals surface area contributed by atoms with E-state index < -0.39 is 10.0 Å². The van der Waals surface area contributed by atoms with E-state index in [0.29, 0.717) is 48.2 Å². The van der Waals surface area contributed by atoms with Crippen LogP contribution >= 0.6 is 11.3 Å². The van der Waals surface area contributed by atoms with Gasteiger partial charge >= 0.3 is 0 Å². The maximum absolute atomic E-state index is 12.2. The maximum Gasteiger partial charge on any atom is 0.262 e. The molecule has 2 amide bonds. The molecular weight excluding hydrogens is 444 g/mol. The predicted molar refractivity (Wildman–Crippen MR) is 116 cm³/mol. The molecule has 166 valence electrons. The van der Waals surface area contributed by atoms with Crippen LogP contribution in [0.25, 0.3) is 11.3 Å². The van der Waals surface area contributed by atoms with Crippen molar-refractivity contribution in [1.29, 1.82) is 0 Å². The van der Waals surface area contributed by atoms with Gasteiger partial charge in [-0.05, 0) is 31.0 Å². The number of nitrogens with zero attached hydrogens (tertiary/aromatic N) is 2. The van der Waals surface area contributed by atoms with Crippen LogP contribution in [0.2, 0.25) is 0 Å². The first kappa shape index (κ1) is 21.7. The molecule has 2 aliphatic rings. The summed E-state index contributed by atoms with van der Waals surface area (Å²) in [6, 6.07) is 5.38. The first-order valence-electron chi connectivity index (χ1n) is 9.67. The molecule has 3 heterocycles. The van der Waals surface area contributed by atoms with Gasteiger partial charge in [-0.15, -0.1) is 11.3 Å². The Kier molecular flexibility index (Phi) is 6.23. The molecule has 2 aromatic rings. The molecule has 2 N–H and O–H groups in total. The maximum atomic E-state index is 12.2. The third-order valence-corrected chi connectivity index (χ3v) is 7.04. The lowest BCUT2D eigenvalue weighted by molar-refractivity contribution is -0.123. The molecule has 0 aliphatic carbocycles. The van der Waals surface area contributed by atoms with E-state index in [9.17, 15) is 18.0 Å². The van der Waals surface area contributed by atoms with E-state index in [1.165, 1.54) is 21.9 Å². The quantitative estimate of drug-likeness (QED) is 0.661. The van der Waals surface area contributed by atoms with Crippen molar-refractivity contribution in [3.63, 3.8) is 0 Å². The number of anilines is 2. The molecule has 4 rings (SSSR count). The molecule has 12 heteroatoms. The minimum atomic E-state index is -3.19. The Bertz CT molecular complexity index is 1090. The van der Waals surface area contributed by atoms with Gasteiger partial charge < -0.3 is 14.8 Å². The minimum Gasteiger partial charge on any atom is -0.482 e. The smallest absolute Gasteiger partial charge is 0.262 e. The Labute approximate surface area is 183 Å². The molecule has 1 aromatic heterocycles. The van der Waals surface area contributed by atoms with E-state index in [4.69, 9.17) is 9.47 Å². The summed E-state index contributed by atoms with van der Waals surface area (Å²) in [6.07, 6.45) is 2.15. The molecule has 0 saturated carbocycles. The molecule has 1 fully saturated rings. The predicted octanol–water partition coefficient (Wildman–Crippen LogP) is 1.52. The summed E-state index contributed by atoms with van der Waals surface area (Å²) in [7, 11) is -3.19. The lowest BCUT2D eigenvalue weighted by atomic mass is 10.1. The van der Waals surface area contributed by atoms with Crippen LogP contribution in [0.15, 0.2) is 23.6 Å². The second kappa shape index (κ2) is 8.91. The molecule has 0 bridgehead atoms. The zero-order valence-electron chi connectivity index (χ0n) is 16.8. The molecule has 10 nitrogen and oxygen atoms in total. The Balaban J connectivity index is 1.29. The van der Waals surface area contributed by atoms with Gasteiger partial charge in [-0.25, -0.2) is 17.7 Å². The van der Waals surface area contributed by atoms with Gasteiger partial charge in [-0.3, -0.25) is 14.9 Å². The number of amides is 2. The van der Waals surface area contributed by atoms with Gasteiger partial charge in [0.05, 0.1) is 23.7 Å². The summed E-state index contributed by atoms with van der Waals surface area (Å²) in [5, 5.41) is 7.72. The number of benzene rings is 1. The Morgan fingerprint density at radius 1 is 1.39 bits per heavy atom. The number of nitrogens with one attached hydrogen (secondary N) is 2. The third kappa shape index (κ3) is 5.39. The molecule has 0 spiro atoms. The summed E-state index contributed by atoms with van der Waals surface area (Å²) < 4.78 is 35.5. The Morgan fingerprint density at radius 3 is 2.90 bits per heavy atom. The Hall–Kier alpha value is -2.54. The summed E-state index contributed by atoms with van der Waals surface area (Å²) in [4.78, 5) is 28.1. The second-order valence-electron chi connectivity index (χ2n) is 7.31. The number of fused-ring (bicyclic) bond motifs is 1. The van der Waals surface area contributed by atoms with E-state index in [-0.39, 0.29) is 31.1 Å². The highest BCUT2D eigenvalue weighted by Crippen LogP contribution is 2.33. The zero-order valence-corrected chi connectivity index (χ0v) is 18.4. The van der Waals surface area contributed by atoms with Crippen molar-refractivity contribution in [3.8, 4) is 17.0 Å². The number of thiazole rings is 1. The zero-order chi connectivity index (χ0) is 22.0. The Morgan fingerprint density at radius 2 is 2.16 bits per heavy atom. The van der Waals surface area contributed by atoms with E-state index in [1.807, 2.05) is 11.4 Å². The molecule has 0 radical (unpaired) electrons. The van der Waals surface area contributed by atoms with Crippen molar-refractivity contribution in [2.45, 2.75) is 18.9 Å². The molecule has 1 saturated heterocycles. The average molecular weight is 467 g/mol. The summed E-state index contributed by atoms with van der Waals surface area (Å²) in [5.74, 6) is 0.0713. The van der Waals surface area contributed by atoms with Gasteiger partial charge in [0.25, 0.3) is 11.8 Å². The number of piperidine rings is 1. The summed E-state index contributed by atoms with van der Waals surface area (Å²) >= 11 is 1.28. The monoisotopic (exact) mass is 466 g/mol. The highest BCUT2D eigenvalue weighted by atomic mass is 32.2. The van der Waals surface area contributed by atoms with Gasteiger partial charge in [0.2, 0.25) is 10.0 Å². The van der Waals surface area contributed by atoms with E-state index in [2.05, 4.69) is 15.6 Å². The van der Waals surface area contributed by atoms with Gasteiger partial charge in [-0.1, -0.05) is 0 Å². The SMILES string of the molecule is CS(=O)(=O)N1CCC(OCC(=O)Nc2nc(-c3ccc4c(c3)NC(=O)CO4)cs2)CC1. The van der Waals surface area contributed by atoms with Gasteiger partial charge in [-0.2, -0.15) is 0 Å². The average Bonchev–Trinajstić information content (AvgIpc) is 3.20. The van der Waals surface area contributed by atoms with Gasteiger partial charge in [0.1, 0.15) is 12.4 Å². The number of sulfonamides is 1. The normalized spacial score (nSPS) is 17.5. The molecule has 0 atom stereocenters. The number of carbonyl (C=O) groups excluding carboxylic acids is 2. The number of rotatable bonds is 6. The van der Waals surface area contributed by atoms with Crippen LogP contribution in [0.4, 0.5) is 10.8 Å². The molecule has 31 heavy (non-hydrogen) atoms.